The fourth-order valence-electron chi connectivity index (χ4n) is 0.874. The van der Waals surface area contributed by atoms with Gasteiger partial charge in [0.05, 0.1) is 14.2 Å². The van der Waals surface area contributed by atoms with Crippen LogP contribution in [0.4, 0.5) is 13.2 Å². The predicted octanol–water partition coefficient (Wildman–Crippen LogP) is 1.86. The molecule has 0 amide bonds. The first-order chi connectivity index (χ1) is 9.78. The third kappa shape index (κ3) is 15.9. The highest BCUT2D eigenvalue weighted by Gasteiger charge is 2.28. The average molecular weight is 374 g/mol. The van der Waals surface area contributed by atoms with Gasteiger partial charge in [-0.2, -0.15) is 30.0 Å². The summed E-state index contributed by atoms with van der Waals surface area (Å²) >= 11 is 0. The van der Waals surface area contributed by atoms with Gasteiger partial charge in [-0.25, -0.2) is 0 Å². The summed E-state index contributed by atoms with van der Waals surface area (Å²) in [6.07, 6.45) is -4.03. The Bertz CT molecular complexity index is 451. The largest absolute Gasteiger partial charge is 0.389 e. The summed E-state index contributed by atoms with van der Waals surface area (Å²) in [5, 5.41) is 0. The van der Waals surface area contributed by atoms with E-state index >= 15 is 0 Å². The summed E-state index contributed by atoms with van der Waals surface area (Å²) in [6, 6.07) is 0. The van der Waals surface area contributed by atoms with Crippen LogP contribution in [0.15, 0.2) is 0 Å². The fourth-order valence-corrected chi connectivity index (χ4v) is 1.75. The molecule has 136 valence electrons. The molecule has 0 aliphatic rings. The molecule has 7 nitrogen and oxygen atoms in total. The van der Waals surface area contributed by atoms with Crippen molar-refractivity contribution >= 4 is 20.2 Å². The normalized spacial score (nSPS) is 14.1. The molecule has 0 fully saturated rings. The van der Waals surface area contributed by atoms with E-state index < -0.39 is 44.7 Å². The van der Waals surface area contributed by atoms with Crippen molar-refractivity contribution in [3.63, 3.8) is 0 Å². The Morgan fingerprint density at radius 1 is 0.955 bits per heavy atom. The Balaban J connectivity index is 0. The summed E-state index contributed by atoms with van der Waals surface area (Å²) in [4.78, 5) is 0. The van der Waals surface area contributed by atoms with E-state index in [4.69, 9.17) is 0 Å². The monoisotopic (exact) mass is 374 g/mol. The van der Waals surface area contributed by atoms with Crippen LogP contribution in [0.25, 0.3) is 0 Å². The maximum Gasteiger partial charge on any atom is 0.389 e. The van der Waals surface area contributed by atoms with Gasteiger partial charge in [-0.05, 0) is 5.92 Å². The van der Waals surface area contributed by atoms with Crippen LogP contribution in [0.1, 0.15) is 26.7 Å². The highest BCUT2D eigenvalue weighted by atomic mass is 32.2. The lowest BCUT2D eigenvalue weighted by atomic mass is 10.1. The van der Waals surface area contributed by atoms with Crippen molar-refractivity contribution in [3.8, 4) is 0 Å². The summed E-state index contributed by atoms with van der Waals surface area (Å²) in [7, 11) is -5.69. The standard InChI is InChI=1S/C6H11F3.C4H10O7S2/c1-3-5(2)4-6(7,8)9;1-9-12(5,6)3-11-4-13(7,8)10-2/h5H,3-4H2,1-2H3;3-4H2,1-2H3. The smallest absolute Gasteiger partial charge is 0.345 e. The van der Waals surface area contributed by atoms with Crippen molar-refractivity contribution in [3.05, 3.63) is 0 Å². The molecule has 0 saturated heterocycles. The molecule has 0 heterocycles. The minimum Gasteiger partial charge on any atom is -0.345 e. The molecule has 0 saturated carbocycles. The van der Waals surface area contributed by atoms with E-state index in [1.807, 2.05) is 0 Å². The molecule has 22 heavy (non-hydrogen) atoms. The van der Waals surface area contributed by atoms with Crippen LogP contribution in [0.5, 0.6) is 0 Å². The van der Waals surface area contributed by atoms with Gasteiger partial charge in [0.15, 0.2) is 11.9 Å². The quantitative estimate of drug-likeness (QED) is 0.598. The molecule has 0 rings (SSSR count). The molecule has 0 aliphatic heterocycles. The van der Waals surface area contributed by atoms with E-state index in [0.717, 1.165) is 14.2 Å². The highest BCUT2D eigenvalue weighted by Crippen LogP contribution is 2.25. The van der Waals surface area contributed by atoms with E-state index in [0.29, 0.717) is 6.42 Å². The van der Waals surface area contributed by atoms with E-state index in [1.165, 1.54) is 0 Å². The molecule has 0 aromatic rings. The SMILES string of the molecule is CCC(C)CC(F)(F)F.COS(=O)(=O)COCS(=O)(=O)OC. The first kappa shape index (κ1) is 23.8. The van der Waals surface area contributed by atoms with Gasteiger partial charge in [0, 0.05) is 6.42 Å². The molecule has 1 unspecified atom stereocenters. The average Bonchev–Trinajstić information content (AvgIpc) is 2.37. The molecule has 12 heteroatoms. The summed E-state index contributed by atoms with van der Waals surface area (Å²) in [5.41, 5.74) is 0. The van der Waals surface area contributed by atoms with Gasteiger partial charge in [0.2, 0.25) is 0 Å². The lowest BCUT2D eigenvalue weighted by Crippen LogP contribution is -2.17. The van der Waals surface area contributed by atoms with Crippen molar-refractivity contribution < 1.29 is 43.1 Å². The molecule has 0 aromatic carbocycles. The number of hydrogen-bond donors (Lipinski definition) is 0. The van der Waals surface area contributed by atoms with Crippen molar-refractivity contribution in [2.24, 2.45) is 5.92 Å². The van der Waals surface area contributed by atoms with Crippen molar-refractivity contribution in [1.29, 1.82) is 0 Å². The van der Waals surface area contributed by atoms with E-state index in [2.05, 4.69) is 13.1 Å². The summed E-state index contributed by atoms with van der Waals surface area (Å²) in [6.45, 7) is 3.36. The second-order valence-electron chi connectivity index (χ2n) is 4.22. The third-order valence-corrected chi connectivity index (χ3v) is 4.17. The van der Waals surface area contributed by atoms with Gasteiger partial charge >= 0.3 is 6.18 Å². The molecular formula is C10H21F3O7S2. The Morgan fingerprint density at radius 2 is 1.32 bits per heavy atom. The molecule has 1 atom stereocenters. The van der Waals surface area contributed by atoms with E-state index in [9.17, 15) is 30.0 Å². The summed E-state index contributed by atoms with van der Waals surface area (Å²) in [5.74, 6) is -1.89. The minimum absolute atomic E-state index is 0.231. The molecular weight excluding hydrogens is 353 g/mol. The van der Waals surface area contributed by atoms with Crippen LogP contribution in [0.2, 0.25) is 0 Å². The third-order valence-electron chi connectivity index (χ3n) is 2.24. The van der Waals surface area contributed by atoms with Crippen LogP contribution in [0, 0.1) is 5.92 Å². The maximum absolute atomic E-state index is 11.5. The Kier molecular flexibility index (Phi) is 11.2. The van der Waals surface area contributed by atoms with Crippen LogP contribution in [-0.2, 0) is 33.3 Å². The molecule has 0 aromatic heterocycles. The van der Waals surface area contributed by atoms with E-state index in [-0.39, 0.29) is 5.92 Å². The number of alkyl halides is 3. The van der Waals surface area contributed by atoms with Crippen LogP contribution in [-0.4, -0.2) is 49.1 Å². The minimum atomic E-state index is -3.98. The van der Waals surface area contributed by atoms with Crippen LogP contribution >= 0.6 is 0 Å². The first-order valence-corrected chi connectivity index (χ1v) is 9.15. The van der Waals surface area contributed by atoms with Gasteiger partial charge in [-0.3, -0.25) is 8.37 Å². The van der Waals surface area contributed by atoms with Gasteiger partial charge in [-0.1, -0.05) is 20.3 Å². The predicted molar refractivity (Wildman–Crippen MR) is 72.8 cm³/mol. The highest BCUT2D eigenvalue weighted by molar-refractivity contribution is 7.87. The zero-order valence-corrected chi connectivity index (χ0v) is 14.3. The molecule has 0 spiro atoms. The summed E-state index contributed by atoms with van der Waals surface area (Å²) < 4.78 is 89.2. The molecule has 0 radical (unpaired) electrons. The molecule has 0 bridgehead atoms. The second-order valence-corrected chi connectivity index (χ2v) is 7.59. The van der Waals surface area contributed by atoms with Gasteiger partial charge in [-0.15, -0.1) is 0 Å². The van der Waals surface area contributed by atoms with Gasteiger partial charge in [0.1, 0.15) is 0 Å². The first-order valence-electron chi connectivity index (χ1n) is 5.99. The number of ether oxygens (including phenoxy) is 1. The Hall–Kier alpha value is -0.430. The number of hydrogen-bond acceptors (Lipinski definition) is 7. The van der Waals surface area contributed by atoms with Crippen molar-refractivity contribution in [2.75, 3.05) is 26.1 Å². The van der Waals surface area contributed by atoms with Gasteiger partial charge in [0.25, 0.3) is 20.2 Å². The molecule has 0 aliphatic carbocycles. The number of halogens is 3. The van der Waals surface area contributed by atoms with Crippen LogP contribution < -0.4 is 0 Å². The number of rotatable bonds is 8. The zero-order valence-electron chi connectivity index (χ0n) is 12.7. The van der Waals surface area contributed by atoms with Crippen LogP contribution in [0.3, 0.4) is 0 Å². The van der Waals surface area contributed by atoms with Gasteiger partial charge < -0.3 is 4.74 Å². The maximum atomic E-state index is 11.5. The zero-order chi connectivity index (χ0) is 18.0. The van der Waals surface area contributed by atoms with Crippen molar-refractivity contribution in [1.82, 2.24) is 0 Å². The second kappa shape index (κ2) is 10.4. The molecule has 0 N–H and O–H groups in total. The Labute approximate surface area is 129 Å². The topological polar surface area (TPSA) is 96.0 Å². The Morgan fingerprint density at radius 3 is 1.50 bits per heavy atom. The van der Waals surface area contributed by atoms with E-state index in [1.54, 1.807) is 13.8 Å². The lowest BCUT2D eigenvalue weighted by molar-refractivity contribution is -0.143. The fraction of sp³-hybridized carbons (Fsp3) is 1.00. The lowest BCUT2D eigenvalue weighted by Gasteiger charge is -2.10. The van der Waals surface area contributed by atoms with Crippen molar-refractivity contribution in [2.45, 2.75) is 32.9 Å².